The molecule has 0 aromatic carbocycles. The second-order valence-electron chi connectivity index (χ2n) is 7.18. The van der Waals surface area contributed by atoms with Crippen LogP contribution in [-0.4, -0.2) is 38.2 Å². The number of carbonyl (C=O) groups excluding carboxylic acids is 1. The van der Waals surface area contributed by atoms with E-state index in [9.17, 15) is 4.79 Å². The lowest BCUT2D eigenvalue weighted by Gasteiger charge is -2.33. The lowest BCUT2D eigenvalue weighted by atomic mass is 9.73. The van der Waals surface area contributed by atoms with E-state index in [4.69, 9.17) is 14.4 Å². The third-order valence-corrected chi connectivity index (χ3v) is 4.31. The molecule has 1 aliphatic rings. The van der Waals surface area contributed by atoms with Crippen LogP contribution in [0.25, 0.3) is 0 Å². The first-order valence-electron chi connectivity index (χ1n) is 8.34. The molecule has 1 rings (SSSR count). The van der Waals surface area contributed by atoms with Crippen molar-refractivity contribution in [3.05, 3.63) is 22.3 Å². The van der Waals surface area contributed by atoms with Gasteiger partial charge in [0.15, 0.2) is 5.71 Å². The second-order valence-corrected chi connectivity index (χ2v) is 7.18. The maximum Gasteiger partial charge on any atom is 0.360 e. The molecule has 0 N–H and O–H groups in total. The Labute approximate surface area is 150 Å². The van der Waals surface area contributed by atoms with Crippen LogP contribution in [-0.2, 0) is 19.2 Å². The fraction of sp³-hybridized carbons (Fsp3) is 0.632. The van der Waals surface area contributed by atoms with Crippen LogP contribution < -0.4 is 0 Å². The van der Waals surface area contributed by atoms with Gasteiger partial charge in [0.05, 0.1) is 12.8 Å². The Balaban J connectivity index is 3.36. The summed E-state index contributed by atoms with van der Waals surface area (Å²) in [5.74, 6) is -0.499. The molecule has 0 fully saturated rings. The fourth-order valence-electron chi connectivity index (χ4n) is 2.73. The summed E-state index contributed by atoms with van der Waals surface area (Å²) in [5.41, 5.74) is 5.23. The molecule has 25 heavy (non-hydrogen) atoms. The molecule has 140 valence electrons. The average Bonchev–Trinajstić information content (AvgIpc) is 2.53. The number of rotatable bonds is 7. The van der Waals surface area contributed by atoms with Crippen molar-refractivity contribution in [2.45, 2.75) is 54.4 Å². The summed E-state index contributed by atoms with van der Waals surface area (Å²) < 4.78 is 4.90. The van der Waals surface area contributed by atoms with Crippen molar-refractivity contribution >= 4 is 17.4 Å². The largest absolute Gasteiger partial charge is 0.464 e. The minimum absolute atomic E-state index is 0.218. The molecule has 1 aliphatic carbocycles. The molecule has 6 nitrogen and oxygen atoms in total. The first-order valence-corrected chi connectivity index (χ1v) is 8.34. The van der Waals surface area contributed by atoms with E-state index in [0.717, 1.165) is 23.3 Å². The Morgan fingerprint density at radius 2 is 1.68 bits per heavy atom. The van der Waals surface area contributed by atoms with Gasteiger partial charge in [-0.15, -0.1) is 0 Å². The molecule has 0 aromatic rings. The van der Waals surface area contributed by atoms with Crippen molar-refractivity contribution in [1.29, 1.82) is 0 Å². The zero-order valence-electron chi connectivity index (χ0n) is 16.6. The maximum absolute atomic E-state index is 12.2. The zero-order chi connectivity index (χ0) is 19.2. The van der Waals surface area contributed by atoms with Crippen molar-refractivity contribution in [3.63, 3.8) is 0 Å². The average molecular weight is 350 g/mol. The minimum Gasteiger partial charge on any atom is -0.464 e. The first-order chi connectivity index (χ1) is 11.6. The van der Waals surface area contributed by atoms with E-state index in [0.29, 0.717) is 13.0 Å². The van der Waals surface area contributed by atoms with Crippen LogP contribution in [0.3, 0.4) is 0 Å². The Kier molecular flexibility index (Phi) is 7.39. The van der Waals surface area contributed by atoms with Gasteiger partial charge in [-0.05, 0) is 46.1 Å². The van der Waals surface area contributed by atoms with Gasteiger partial charge in [-0.3, -0.25) is 0 Å². The number of esters is 1. The lowest BCUT2D eigenvalue weighted by molar-refractivity contribution is -0.132. The standard InChI is InChI=1S/C19H30N2O4/c1-12(2)20-25-11-19(5,6)16-10-14(4)13(3)9-15(16)17(21-24-8)18(22)23-7/h9-11H2,1-8H3/b21-17+. The monoisotopic (exact) mass is 350 g/mol. The Morgan fingerprint density at radius 3 is 2.20 bits per heavy atom. The highest BCUT2D eigenvalue weighted by atomic mass is 16.6. The molecule has 0 aromatic heterocycles. The molecular weight excluding hydrogens is 320 g/mol. The summed E-state index contributed by atoms with van der Waals surface area (Å²) in [5, 5.41) is 7.98. The number of ether oxygens (including phenoxy) is 1. The Bertz CT molecular complexity index is 636. The third kappa shape index (κ3) is 5.44. The molecule has 0 atom stereocenters. The van der Waals surface area contributed by atoms with Crippen LogP contribution in [0.4, 0.5) is 0 Å². The van der Waals surface area contributed by atoms with Gasteiger partial charge in [-0.1, -0.05) is 40.9 Å². The van der Waals surface area contributed by atoms with Gasteiger partial charge < -0.3 is 14.4 Å². The van der Waals surface area contributed by atoms with Gasteiger partial charge in [0, 0.05) is 5.41 Å². The smallest absolute Gasteiger partial charge is 0.360 e. The Morgan fingerprint density at radius 1 is 1.08 bits per heavy atom. The van der Waals surface area contributed by atoms with Crippen LogP contribution in [0, 0.1) is 5.41 Å². The van der Waals surface area contributed by atoms with Gasteiger partial charge in [0.25, 0.3) is 0 Å². The van der Waals surface area contributed by atoms with Crippen molar-refractivity contribution in [3.8, 4) is 0 Å². The van der Waals surface area contributed by atoms with E-state index in [1.807, 2.05) is 13.8 Å². The van der Waals surface area contributed by atoms with E-state index in [2.05, 4.69) is 38.0 Å². The summed E-state index contributed by atoms with van der Waals surface area (Å²) in [6.07, 6.45) is 1.39. The molecule has 0 unspecified atom stereocenters. The summed E-state index contributed by atoms with van der Waals surface area (Å²) in [6.45, 7) is 12.5. The Hall–Kier alpha value is -2.11. The van der Waals surface area contributed by atoms with Crippen LogP contribution in [0.15, 0.2) is 32.6 Å². The lowest BCUT2D eigenvalue weighted by Crippen LogP contribution is -2.29. The normalized spacial score (nSPS) is 15.9. The molecule has 6 heteroatoms. The molecule has 0 heterocycles. The number of hydrogen-bond donors (Lipinski definition) is 0. The number of allylic oxidation sites excluding steroid dienone is 2. The highest BCUT2D eigenvalue weighted by molar-refractivity contribution is 6.43. The highest BCUT2D eigenvalue weighted by Gasteiger charge is 2.34. The number of hydrogen-bond acceptors (Lipinski definition) is 6. The molecule has 0 bridgehead atoms. The molecule has 0 saturated heterocycles. The summed E-state index contributed by atoms with van der Waals surface area (Å²) in [6, 6.07) is 0. The first kappa shape index (κ1) is 20.9. The van der Waals surface area contributed by atoms with Crippen LogP contribution in [0.1, 0.15) is 54.4 Å². The summed E-state index contributed by atoms with van der Waals surface area (Å²) in [7, 11) is 2.77. The van der Waals surface area contributed by atoms with Crippen molar-refractivity contribution < 1.29 is 19.2 Å². The summed E-state index contributed by atoms with van der Waals surface area (Å²) in [4.78, 5) is 22.6. The minimum atomic E-state index is -0.499. The molecular formula is C19H30N2O4. The molecule has 0 amide bonds. The number of carbonyl (C=O) groups is 1. The SMILES string of the molecule is CO/N=C(/C(=O)OC)C1=C(C(C)(C)CON=C(C)C)CC(C)=C(C)C1. The van der Waals surface area contributed by atoms with E-state index in [1.54, 1.807) is 0 Å². The van der Waals surface area contributed by atoms with E-state index in [-0.39, 0.29) is 11.1 Å². The molecule has 0 radical (unpaired) electrons. The molecule has 0 aliphatic heterocycles. The maximum atomic E-state index is 12.2. The van der Waals surface area contributed by atoms with E-state index in [1.165, 1.54) is 25.4 Å². The van der Waals surface area contributed by atoms with Gasteiger partial charge in [-0.25, -0.2) is 4.79 Å². The molecule has 0 spiro atoms. The number of nitrogens with zero attached hydrogens (tertiary/aromatic N) is 2. The zero-order valence-corrected chi connectivity index (χ0v) is 16.6. The van der Waals surface area contributed by atoms with Crippen molar-refractivity contribution in [1.82, 2.24) is 0 Å². The highest BCUT2D eigenvalue weighted by Crippen LogP contribution is 2.41. The van der Waals surface area contributed by atoms with Crippen molar-refractivity contribution in [2.75, 3.05) is 20.8 Å². The van der Waals surface area contributed by atoms with Crippen molar-refractivity contribution in [2.24, 2.45) is 15.7 Å². The quantitative estimate of drug-likeness (QED) is 0.301. The third-order valence-electron chi connectivity index (χ3n) is 4.31. The number of methoxy groups -OCH3 is 1. The van der Waals surface area contributed by atoms with Gasteiger partial charge in [-0.2, -0.15) is 0 Å². The fourth-order valence-corrected chi connectivity index (χ4v) is 2.73. The predicted octanol–water partition coefficient (Wildman–Crippen LogP) is 4.03. The number of oxime groups is 2. The second kappa shape index (κ2) is 8.83. The van der Waals surface area contributed by atoms with Crippen LogP contribution in [0.2, 0.25) is 0 Å². The molecule has 0 saturated carbocycles. The predicted molar refractivity (Wildman–Crippen MR) is 99.6 cm³/mol. The van der Waals surface area contributed by atoms with E-state index >= 15 is 0 Å². The van der Waals surface area contributed by atoms with Gasteiger partial charge >= 0.3 is 5.97 Å². The summed E-state index contributed by atoms with van der Waals surface area (Å²) >= 11 is 0. The van der Waals surface area contributed by atoms with Crippen LogP contribution >= 0.6 is 0 Å². The van der Waals surface area contributed by atoms with Crippen LogP contribution in [0.5, 0.6) is 0 Å². The van der Waals surface area contributed by atoms with Gasteiger partial charge in [0.1, 0.15) is 13.7 Å². The van der Waals surface area contributed by atoms with E-state index < -0.39 is 5.97 Å². The van der Waals surface area contributed by atoms with Gasteiger partial charge in [0.2, 0.25) is 0 Å². The topological polar surface area (TPSA) is 69.5 Å².